The van der Waals surface area contributed by atoms with Gasteiger partial charge in [0.15, 0.2) is 0 Å². The molecule has 0 radical (unpaired) electrons. The summed E-state index contributed by atoms with van der Waals surface area (Å²) in [5.74, 6) is 0. The molecule has 4 nitrogen and oxygen atoms in total. The number of unbranched alkanes of at least 4 members (excludes halogenated alkanes) is 1. The minimum atomic E-state index is -0.868. The van der Waals surface area contributed by atoms with Crippen LogP contribution in [0.2, 0.25) is 5.15 Å². The van der Waals surface area contributed by atoms with Gasteiger partial charge in [-0.2, -0.15) is 5.10 Å². The summed E-state index contributed by atoms with van der Waals surface area (Å²) >= 11 is 7.98. The van der Waals surface area contributed by atoms with Gasteiger partial charge in [-0.15, -0.1) is 11.3 Å². The third-order valence-corrected chi connectivity index (χ3v) is 5.28. The van der Waals surface area contributed by atoms with E-state index in [1.165, 1.54) is 0 Å². The second-order valence-corrected chi connectivity index (χ2v) is 7.09. The minimum Gasteiger partial charge on any atom is -0.383 e. The van der Waals surface area contributed by atoms with Crippen LogP contribution in [0.25, 0.3) is 0 Å². The lowest BCUT2D eigenvalue weighted by atomic mass is 10.1. The summed E-state index contributed by atoms with van der Waals surface area (Å²) in [5.41, 5.74) is 1.09. The van der Waals surface area contributed by atoms with Crippen LogP contribution >= 0.6 is 22.9 Å². The molecule has 0 aliphatic carbocycles. The number of rotatable bonds is 8. The molecule has 2 heterocycles. The van der Waals surface area contributed by atoms with Crippen molar-refractivity contribution in [3.8, 4) is 0 Å². The van der Waals surface area contributed by atoms with E-state index < -0.39 is 5.60 Å². The van der Waals surface area contributed by atoms with Crippen molar-refractivity contribution in [3.63, 3.8) is 0 Å². The molecule has 0 amide bonds. The van der Waals surface area contributed by atoms with Crippen LogP contribution < -0.4 is 5.32 Å². The molecular formula is C16H24ClN3OS. The van der Waals surface area contributed by atoms with Crippen molar-refractivity contribution in [1.29, 1.82) is 0 Å². The van der Waals surface area contributed by atoms with E-state index in [-0.39, 0.29) is 0 Å². The molecule has 22 heavy (non-hydrogen) atoms. The lowest BCUT2D eigenvalue weighted by Crippen LogP contribution is -2.34. The Morgan fingerprint density at radius 3 is 2.91 bits per heavy atom. The molecule has 0 aliphatic heterocycles. The zero-order chi connectivity index (χ0) is 16.2. The molecule has 0 fully saturated rings. The summed E-state index contributed by atoms with van der Waals surface area (Å²) in [6.45, 7) is 7.89. The van der Waals surface area contributed by atoms with Gasteiger partial charge in [0.05, 0.1) is 5.69 Å². The Hall–Kier alpha value is -0.880. The van der Waals surface area contributed by atoms with E-state index in [4.69, 9.17) is 11.6 Å². The fraction of sp³-hybridized carbons (Fsp3) is 0.562. The summed E-state index contributed by atoms with van der Waals surface area (Å²) in [5, 5.41) is 21.0. The van der Waals surface area contributed by atoms with Gasteiger partial charge < -0.3 is 10.4 Å². The maximum absolute atomic E-state index is 10.5. The standard InChI is InChI=1S/C16H24ClN3OS/c1-4-5-8-20-15(17)13(12(2)19-20)10-18-11-16(3,21)14-7-6-9-22-14/h6-7,9,18,21H,4-5,8,10-11H2,1-3H3. The average molecular weight is 342 g/mol. The Morgan fingerprint density at radius 2 is 2.27 bits per heavy atom. The van der Waals surface area contributed by atoms with Gasteiger partial charge >= 0.3 is 0 Å². The van der Waals surface area contributed by atoms with E-state index in [0.29, 0.717) is 18.2 Å². The maximum Gasteiger partial charge on any atom is 0.131 e. The molecule has 1 unspecified atom stereocenters. The van der Waals surface area contributed by atoms with Crippen molar-refractivity contribution in [2.24, 2.45) is 0 Å². The SMILES string of the molecule is CCCCn1nc(C)c(CNCC(C)(O)c2cccs2)c1Cl. The third-order valence-electron chi connectivity index (χ3n) is 3.73. The van der Waals surface area contributed by atoms with Crippen LogP contribution in [-0.4, -0.2) is 21.4 Å². The normalized spacial score (nSPS) is 14.2. The maximum atomic E-state index is 10.5. The van der Waals surface area contributed by atoms with Crippen LogP contribution in [0.3, 0.4) is 0 Å². The van der Waals surface area contributed by atoms with Crippen molar-refractivity contribution < 1.29 is 5.11 Å². The van der Waals surface area contributed by atoms with Gasteiger partial charge in [-0.25, -0.2) is 0 Å². The molecule has 0 aromatic carbocycles. The first-order valence-electron chi connectivity index (χ1n) is 7.64. The zero-order valence-corrected chi connectivity index (χ0v) is 15.0. The Bertz CT molecular complexity index is 593. The fourth-order valence-electron chi connectivity index (χ4n) is 2.35. The summed E-state index contributed by atoms with van der Waals surface area (Å²) in [7, 11) is 0. The number of aryl methyl sites for hydroxylation is 2. The van der Waals surface area contributed by atoms with E-state index in [1.54, 1.807) is 11.3 Å². The molecule has 0 bridgehead atoms. The van der Waals surface area contributed by atoms with E-state index >= 15 is 0 Å². The number of aliphatic hydroxyl groups is 1. The number of aromatic nitrogens is 2. The highest BCUT2D eigenvalue weighted by molar-refractivity contribution is 7.10. The fourth-order valence-corrected chi connectivity index (χ4v) is 3.46. The van der Waals surface area contributed by atoms with E-state index in [0.717, 1.165) is 35.5 Å². The molecule has 0 aliphatic rings. The van der Waals surface area contributed by atoms with Gasteiger partial charge in [-0.1, -0.05) is 31.0 Å². The predicted octanol–water partition coefficient (Wildman–Crippen LogP) is 3.70. The first-order chi connectivity index (χ1) is 10.5. The smallest absolute Gasteiger partial charge is 0.131 e. The van der Waals surface area contributed by atoms with E-state index in [9.17, 15) is 5.11 Å². The van der Waals surface area contributed by atoms with Crippen LogP contribution in [0.1, 0.15) is 42.8 Å². The van der Waals surface area contributed by atoms with Crippen LogP contribution in [-0.2, 0) is 18.7 Å². The van der Waals surface area contributed by atoms with Crippen molar-refractivity contribution in [1.82, 2.24) is 15.1 Å². The number of thiophene rings is 1. The van der Waals surface area contributed by atoms with Crippen molar-refractivity contribution in [2.75, 3.05) is 6.54 Å². The highest BCUT2D eigenvalue weighted by Crippen LogP contribution is 2.25. The molecule has 122 valence electrons. The number of nitrogens with one attached hydrogen (secondary N) is 1. The second-order valence-electron chi connectivity index (χ2n) is 5.79. The van der Waals surface area contributed by atoms with E-state index in [2.05, 4.69) is 17.3 Å². The highest BCUT2D eigenvalue weighted by Gasteiger charge is 2.24. The first-order valence-corrected chi connectivity index (χ1v) is 8.90. The van der Waals surface area contributed by atoms with Crippen molar-refractivity contribution >= 4 is 22.9 Å². The predicted molar refractivity (Wildman–Crippen MR) is 92.5 cm³/mol. The Kier molecular flexibility index (Phi) is 6.03. The molecule has 2 rings (SSSR count). The molecule has 2 N–H and O–H groups in total. The summed E-state index contributed by atoms with van der Waals surface area (Å²) in [6, 6.07) is 3.90. The molecule has 0 spiro atoms. The molecule has 6 heteroatoms. The molecular weight excluding hydrogens is 318 g/mol. The lowest BCUT2D eigenvalue weighted by molar-refractivity contribution is 0.0604. The van der Waals surface area contributed by atoms with Crippen molar-refractivity contribution in [2.45, 2.75) is 52.3 Å². The van der Waals surface area contributed by atoms with Crippen LogP contribution in [0, 0.1) is 6.92 Å². The monoisotopic (exact) mass is 341 g/mol. The molecule has 2 aromatic rings. The van der Waals surface area contributed by atoms with Gasteiger partial charge in [0.25, 0.3) is 0 Å². The summed E-state index contributed by atoms with van der Waals surface area (Å²) in [4.78, 5) is 0.960. The van der Waals surface area contributed by atoms with Gasteiger partial charge in [-0.05, 0) is 31.7 Å². The third kappa shape index (κ3) is 4.10. The number of halogens is 1. The Balaban J connectivity index is 1.96. The van der Waals surface area contributed by atoms with Gasteiger partial charge in [-0.3, -0.25) is 4.68 Å². The molecule has 1 atom stereocenters. The first kappa shape index (κ1) is 17.5. The van der Waals surface area contributed by atoms with Crippen LogP contribution in [0.5, 0.6) is 0 Å². The number of hydrogen-bond acceptors (Lipinski definition) is 4. The molecule has 0 saturated heterocycles. The van der Waals surface area contributed by atoms with E-state index in [1.807, 2.05) is 36.0 Å². The minimum absolute atomic E-state index is 0.476. The van der Waals surface area contributed by atoms with Crippen LogP contribution in [0.15, 0.2) is 17.5 Å². The van der Waals surface area contributed by atoms with Gasteiger partial charge in [0, 0.05) is 30.1 Å². The summed E-state index contributed by atoms with van der Waals surface area (Å²) in [6.07, 6.45) is 2.19. The largest absolute Gasteiger partial charge is 0.383 e. The lowest BCUT2D eigenvalue weighted by Gasteiger charge is -2.22. The zero-order valence-electron chi connectivity index (χ0n) is 13.4. The Labute approximate surface area is 141 Å². The Morgan fingerprint density at radius 1 is 1.50 bits per heavy atom. The van der Waals surface area contributed by atoms with Gasteiger partial charge in [0.2, 0.25) is 0 Å². The van der Waals surface area contributed by atoms with Crippen LogP contribution in [0.4, 0.5) is 0 Å². The van der Waals surface area contributed by atoms with Crippen molar-refractivity contribution in [3.05, 3.63) is 38.8 Å². The second kappa shape index (κ2) is 7.59. The topological polar surface area (TPSA) is 50.1 Å². The van der Waals surface area contributed by atoms with Gasteiger partial charge in [0.1, 0.15) is 10.8 Å². The highest BCUT2D eigenvalue weighted by atomic mass is 35.5. The summed E-state index contributed by atoms with van der Waals surface area (Å²) < 4.78 is 1.87. The molecule has 0 saturated carbocycles. The number of hydrogen-bond donors (Lipinski definition) is 2. The molecule has 2 aromatic heterocycles. The number of nitrogens with zero attached hydrogens (tertiary/aromatic N) is 2. The average Bonchev–Trinajstić information content (AvgIpc) is 3.09. The quantitative estimate of drug-likeness (QED) is 0.769.